The fourth-order valence-corrected chi connectivity index (χ4v) is 3.19. The number of aryl methyl sites for hydroxylation is 2. The molecule has 0 amide bonds. The van der Waals surface area contributed by atoms with Crippen molar-refractivity contribution in [2.45, 2.75) is 52.2 Å². The molecule has 2 aromatic rings. The van der Waals surface area contributed by atoms with Gasteiger partial charge in [-0.3, -0.25) is 0 Å². The number of hydrogen-bond acceptors (Lipinski definition) is 3. The summed E-state index contributed by atoms with van der Waals surface area (Å²) in [6.07, 6.45) is 3.83. The van der Waals surface area contributed by atoms with Gasteiger partial charge < -0.3 is 5.11 Å². The Kier molecular flexibility index (Phi) is 3.57. The molecule has 1 atom stereocenters. The van der Waals surface area contributed by atoms with Crippen molar-refractivity contribution in [3.05, 3.63) is 47.0 Å². The number of aliphatic hydroxyl groups is 1. The zero-order valence-electron chi connectivity index (χ0n) is 13.0. The fourth-order valence-electron chi connectivity index (χ4n) is 3.19. The number of rotatable bonds is 4. The first kappa shape index (κ1) is 14.3. The second kappa shape index (κ2) is 5.26. The third-order valence-corrected chi connectivity index (χ3v) is 4.26. The molecule has 0 saturated carbocycles. The van der Waals surface area contributed by atoms with E-state index in [2.05, 4.69) is 49.1 Å². The van der Waals surface area contributed by atoms with Crippen LogP contribution < -0.4 is 0 Å². The van der Waals surface area contributed by atoms with E-state index in [1.54, 1.807) is 6.33 Å². The van der Waals surface area contributed by atoms with E-state index in [1.165, 1.54) is 11.1 Å². The minimum absolute atomic E-state index is 0.512. The van der Waals surface area contributed by atoms with Crippen molar-refractivity contribution in [1.29, 1.82) is 0 Å². The van der Waals surface area contributed by atoms with Gasteiger partial charge in [0.2, 0.25) is 0 Å². The van der Waals surface area contributed by atoms with Crippen molar-refractivity contribution in [1.82, 2.24) is 14.8 Å². The highest BCUT2D eigenvalue weighted by Gasteiger charge is 2.38. The molecule has 1 aromatic heterocycles. The summed E-state index contributed by atoms with van der Waals surface area (Å²) in [5, 5.41) is 15.4. The summed E-state index contributed by atoms with van der Waals surface area (Å²) in [6.45, 7) is 7.23. The average molecular weight is 285 g/mol. The van der Waals surface area contributed by atoms with Crippen LogP contribution in [-0.2, 0) is 25.0 Å². The van der Waals surface area contributed by atoms with Gasteiger partial charge >= 0.3 is 0 Å². The SMILES string of the molecule is Cc1ccc2c(c1)C(O)(Cc1ncnn1CC(C)C)CC2. The molecule has 1 N–H and O–H groups in total. The van der Waals surface area contributed by atoms with Crippen molar-refractivity contribution in [2.24, 2.45) is 5.92 Å². The zero-order valence-corrected chi connectivity index (χ0v) is 13.0. The minimum Gasteiger partial charge on any atom is -0.385 e. The molecule has 1 heterocycles. The van der Waals surface area contributed by atoms with Crippen LogP contribution in [0.3, 0.4) is 0 Å². The summed E-state index contributed by atoms with van der Waals surface area (Å²) < 4.78 is 1.93. The Hall–Kier alpha value is -1.68. The maximum atomic E-state index is 11.1. The van der Waals surface area contributed by atoms with Gasteiger partial charge in [0, 0.05) is 13.0 Å². The van der Waals surface area contributed by atoms with Crippen molar-refractivity contribution in [3.8, 4) is 0 Å². The van der Waals surface area contributed by atoms with Crippen molar-refractivity contribution in [3.63, 3.8) is 0 Å². The molecule has 21 heavy (non-hydrogen) atoms. The molecule has 3 rings (SSSR count). The molecule has 112 valence electrons. The minimum atomic E-state index is -0.802. The quantitative estimate of drug-likeness (QED) is 0.939. The van der Waals surface area contributed by atoms with E-state index >= 15 is 0 Å². The van der Waals surface area contributed by atoms with Gasteiger partial charge in [-0.15, -0.1) is 0 Å². The van der Waals surface area contributed by atoms with Gasteiger partial charge in [-0.05, 0) is 36.8 Å². The highest BCUT2D eigenvalue weighted by atomic mass is 16.3. The zero-order chi connectivity index (χ0) is 15.0. The Labute approximate surface area is 125 Å². The molecule has 0 spiro atoms. The predicted octanol–water partition coefficient (Wildman–Crippen LogP) is 2.62. The van der Waals surface area contributed by atoms with Gasteiger partial charge in [-0.1, -0.05) is 37.6 Å². The van der Waals surface area contributed by atoms with Crippen LogP contribution in [0.5, 0.6) is 0 Å². The Bertz CT molecular complexity index is 647. The van der Waals surface area contributed by atoms with Crippen LogP contribution in [0.15, 0.2) is 24.5 Å². The Morgan fingerprint density at radius 3 is 2.95 bits per heavy atom. The lowest BCUT2D eigenvalue weighted by Crippen LogP contribution is -2.28. The van der Waals surface area contributed by atoms with E-state index in [0.717, 1.165) is 30.8 Å². The lowest BCUT2D eigenvalue weighted by molar-refractivity contribution is 0.0355. The molecule has 4 heteroatoms. The van der Waals surface area contributed by atoms with Crippen LogP contribution in [0, 0.1) is 12.8 Å². The summed E-state index contributed by atoms with van der Waals surface area (Å²) in [7, 11) is 0. The molecule has 1 aliphatic carbocycles. The third kappa shape index (κ3) is 2.72. The highest BCUT2D eigenvalue weighted by Crippen LogP contribution is 2.39. The highest BCUT2D eigenvalue weighted by molar-refractivity contribution is 5.40. The lowest BCUT2D eigenvalue weighted by Gasteiger charge is -2.24. The Balaban J connectivity index is 1.89. The Morgan fingerprint density at radius 2 is 2.19 bits per heavy atom. The summed E-state index contributed by atoms with van der Waals surface area (Å²) in [5.41, 5.74) is 2.72. The average Bonchev–Trinajstić information content (AvgIpc) is 2.96. The molecule has 0 aliphatic heterocycles. The van der Waals surface area contributed by atoms with Crippen LogP contribution >= 0.6 is 0 Å². The molecule has 1 aromatic carbocycles. The molecule has 0 fully saturated rings. The van der Waals surface area contributed by atoms with Crippen LogP contribution in [0.4, 0.5) is 0 Å². The third-order valence-electron chi connectivity index (χ3n) is 4.26. The van der Waals surface area contributed by atoms with E-state index in [0.29, 0.717) is 12.3 Å². The van der Waals surface area contributed by atoms with Crippen LogP contribution in [-0.4, -0.2) is 19.9 Å². The summed E-state index contributed by atoms with van der Waals surface area (Å²) in [6, 6.07) is 6.37. The summed E-state index contributed by atoms with van der Waals surface area (Å²) >= 11 is 0. The number of aromatic nitrogens is 3. The van der Waals surface area contributed by atoms with Crippen LogP contribution in [0.25, 0.3) is 0 Å². The van der Waals surface area contributed by atoms with Gasteiger partial charge in [0.15, 0.2) is 0 Å². The normalized spacial score (nSPS) is 21.0. The maximum absolute atomic E-state index is 11.1. The van der Waals surface area contributed by atoms with Crippen molar-refractivity contribution in [2.75, 3.05) is 0 Å². The van der Waals surface area contributed by atoms with Gasteiger partial charge in [-0.25, -0.2) is 9.67 Å². The van der Waals surface area contributed by atoms with Crippen LogP contribution in [0.1, 0.15) is 42.8 Å². The molecular formula is C17H23N3O. The molecule has 1 unspecified atom stereocenters. The van der Waals surface area contributed by atoms with E-state index < -0.39 is 5.60 Å². The van der Waals surface area contributed by atoms with Gasteiger partial charge in [-0.2, -0.15) is 5.10 Å². The Morgan fingerprint density at radius 1 is 1.38 bits per heavy atom. The lowest BCUT2D eigenvalue weighted by atomic mass is 9.91. The van der Waals surface area contributed by atoms with E-state index in [1.807, 2.05) is 4.68 Å². The monoisotopic (exact) mass is 285 g/mol. The molecule has 4 nitrogen and oxygen atoms in total. The second-order valence-corrected chi connectivity index (χ2v) is 6.62. The predicted molar refractivity (Wildman–Crippen MR) is 82.0 cm³/mol. The summed E-state index contributed by atoms with van der Waals surface area (Å²) in [5.74, 6) is 1.39. The topological polar surface area (TPSA) is 50.9 Å². The molecule has 0 bridgehead atoms. The maximum Gasteiger partial charge on any atom is 0.138 e. The second-order valence-electron chi connectivity index (χ2n) is 6.62. The van der Waals surface area contributed by atoms with Crippen molar-refractivity contribution < 1.29 is 5.11 Å². The van der Waals surface area contributed by atoms with Crippen LogP contribution in [0.2, 0.25) is 0 Å². The smallest absolute Gasteiger partial charge is 0.138 e. The van der Waals surface area contributed by atoms with E-state index in [-0.39, 0.29) is 0 Å². The fraction of sp³-hybridized carbons (Fsp3) is 0.529. The van der Waals surface area contributed by atoms with Gasteiger partial charge in [0.1, 0.15) is 12.2 Å². The molecular weight excluding hydrogens is 262 g/mol. The number of benzene rings is 1. The molecule has 1 aliphatic rings. The largest absolute Gasteiger partial charge is 0.385 e. The molecule has 0 saturated heterocycles. The number of fused-ring (bicyclic) bond motifs is 1. The number of hydrogen-bond donors (Lipinski definition) is 1. The van der Waals surface area contributed by atoms with Gasteiger partial charge in [0.25, 0.3) is 0 Å². The van der Waals surface area contributed by atoms with E-state index in [4.69, 9.17) is 0 Å². The van der Waals surface area contributed by atoms with Gasteiger partial charge in [0.05, 0.1) is 5.60 Å². The number of nitrogens with zero attached hydrogens (tertiary/aromatic N) is 3. The first-order valence-corrected chi connectivity index (χ1v) is 7.67. The first-order chi connectivity index (χ1) is 9.98. The summed E-state index contributed by atoms with van der Waals surface area (Å²) in [4.78, 5) is 4.37. The molecule has 0 radical (unpaired) electrons. The van der Waals surface area contributed by atoms with Crippen molar-refractivity contribution >= 4 is 0 Å². The first-order valence-electron chi connectivity index (χ1n) is 7.67. The van der Waals surface area contributed by atoms with E-state index in [9.17, 15) is 5.11 Å². The standard InChI is InChI=1S/C17H23N3O/c1-12(2)10-20-16(18-11-19-20)9-17(21)7-6-14-5-4-13(3)8-15(14)17/h4-5,8,11-12,21H,6-7,9-10H2,1-3H3.